The number of carboxylic acid groups (broad SMARTS) is 1. The first-order valence-electron chi connectivity index (χ1n) is 3.47. The summed E-state index contributed by atoms with van der Waals surface area (Å²) in [5, 5.41) is 8.07. The molecule has 0 aliphatic rings. The second kappa shape index (κ2) is 6.32. The van der Waals surface area contributed by atoms with E-state index in [2.05, 4.69) is 9.57 Å². The standard InChI is InChI=1S/C6H10FNO5/c1-2-12-5(7)6(11)8-13-3-4(9)10/h5H,2-3H2,1H3,(H,8,11)(H,9,10). The van der Waals surface area contributed by atoms with Crippen molar-refractivity contribution in [2.24, 2.45) is 0 Å². The van der Waals surface area contributed by atoms with Crippen LogP contribution in [0, 0.1) is 0 Å². The fraction of sp³-hybridized carbons (Fsp3) is 0.667. The van der Waals surface area contributed by atoms with E-state index in [9.17, 15) is 14.0 Å². The normalized spacial score (nSPS) is 12.2. The zero-order valence-electron chi connectivity index (χ0n) is 6.95. The van der Waals surface area contributed by atoms with Crippen molar-refractivity contribution in [3.05, 3.63) is 0 Å². The van der Waals surface area contributed by atoms with Crippen LogP contribution in [0.5, 0.6) is 0 Å². The van der Waals surface area contributed by atoms with Crippen molar-refractivity contribution < 1.29 is 28.7 Å². The van der Waals surface area contributed by atoms with Crippen LogP contribution in [0.2, 0.25) is 0 Å². The Bertz CT molecular complexity index is 186. The van der Waals surface area contributed by atoms with Gasteiger partial charge in [-0.2, -0.15) is 0 Å². The van der Waals surface area contributed by atoms with E-state index in [0.717, 1.165) is 0 Å². The maximum atomic E-state index is 12.5. The van der Waals surface area contributed by atoms with Gasteiger partial charge in [0.15, 0.2) is 6.61 Å². The van der Waals surface area contributed by atoms with Gasteiger partial charge in [0, 0.05) is 6.61 Å². The predicted molar refractivity (Wildman–Crippen MR) is 38.3 cm³/mol. The molecule has 0 aromatic rings. The first-order valence-corrected chi connectivity index (χ1v) is 3.47. The Morgan fingerprint density at radius 2 is 2.23 bits per heavy atom. The number of carbonyl (C=O) groups is 2. The van der Waals surface area contributed by atoms with Crippen LogP contribution in [0.3, 0.4) is 0 Å². The first kappa shape index (κ1) is 11.8. The summed E-state index contributed by atoms with van der Waals surface area (Å²) in [5.74, 6) is -2.43. The lowest BCUT2D eigenvalue weighted by atomic mass is 10.6. The van der Waals surface area contributed by atoms with Gasteiger partial charge in [0.25, 0.3) is 6.36 Å². The fourth-order valence-corrected chi connectivity index (χ4v) is 0.437. The van der Waals surface area contributed by atoms with Gasteiger partial charge in [-0.1, -0.05) is 0 Å². The van der Waals surface area contributed by atoms with E-state index in [0.29, 0.717) is 0 Å². The van der Waals surface area contributed by atoms with E-state index in [1.165, 1.54) is 6.92 Å². The third-order valence-corrected chi connectivity index (χ3v) is 0.888. The maximum Gasteiger partial charge on any atom is 0.332 e. The van der Waals surface area contributed by atoms with Crippen LogP contribution in [0.4, 0.5) is 4.39 Å². The quantitative estimate of drug-likeness (QED) is 0.555. The molecule has 0 aromatic carbocycles. The molecule has 0 rings (SSSR count). The van der Waals surface area contributed by atoms with Gasteiger partial charge in [-0.25, -0.2) is 14.7 Å². The summed E-state index contributed by atoms with van der Waals surface area (Å²) in [7, 11) is 0. The molecule has 0 saturated carbocycles. The van der Waals surface area contributed by atoms with E-state index in [1.807, 2.05) is 0 Å². The lowest BCUT2D eigenvalue weighted by molar-refractivity contribution is -0.161. The van der Waals surface area contributed by atoms with Gasteiger partial charge in [0.05, 0.1) is 0 Å². The molecule has 0 bridgehead atoms. The van der Waals surface area contributed by atoms with Crippen LogP contribution in [-0.2, 0) is 19.2 Å². The molecule has 7 heteroatoms. The van der Waals surface area contributed by atoms with E-state index < -0.39 is 24.8 Å². The number of amides is 1. The zero-order valence-corrected chi connectivity index (χ0v) is 6.95. The molecule has 0 radical (unpaired) electrons. The number of hydrogen-bond donors (Lipinski definition) is 2. The minimum Gasteiger partial charge on any atom is -0.479 e. The topological polar surface area (TPSA) is 84.9 Å². The second-order valence-corrected chi connectivity index (χ2v) is 1.92. The van der Waals surface area contributed by atoms with Gasteiger partial charge in [0.1, 0.15) is 0 Å². The van der Waals surface area contributed by atoms with Crippen molar-refractivity contribution in [2.45, 2.75) is 13.3 Å². The third-order valence-electron chi connectivity index (χ3n) is 0.888. The Labute approximate surface area is 73.6 Å². The first-order chi connectivity index (χ1) is 6.07. The Balaban J connectivity index is 3.55. The molecule has 6 nitrogen and oxygen atoms in total. The summed E-state index contributed by atoms with van der Waals surface area (Å²) in [6, 6.07) is 0. The molecule has 0 saturated heterocycles. The summed E-state index contributed by atoms with van der Waals surface area (Å²) in [4.78, 5) is 24.6. The number of halogens is 1. The largest absolute Gasteiger partial charge is 0.479 e. The van der Waals surface area contributed by atoms with Crippen LogP contribution < -0.4 is 5.48 Å². The van der Waals surface area contributed by atoms with Crippen LogP contribution >= 0.6 is 0 Å². The van der Waals surface area contributed by atoms with Gasteiger partial charge in [-0.05, 0) is 6.92 Å². The molecule has 2 N–H and O–H groups in total. The van der Waals surface area contributed by atoms with Gasteiger partial charge >= 0.3 is 11.9 Å². The van der Waals surface area contributed by atoms with Crippen LogP contribution in [0.15, 0.2) is 0 Å². The van der Waals surface area contributed by atoms with Gasteiger partial charge in [0.2, 0.25) is 0 Å². The smallest absolute Gasteiger partial charge is 0.332 e. The average molecular weight is 195 g/mol. The number of ether oxygens (including phenoxy) is 1. The highest BCUT2D eigenvalue weighted by molar-refractivity contribution is 5.78. The van der Waals surface area contributed by atoms with Crippen molar-refractivity contribution in [1.82, 2.24) is 5.48 Å². The van der Waals surface area contributed by atoms with Crippen LogP contribution in [0.25, 0.3) is 0 Å². The van der Waals surface area contributed by atoms with Gasteiger partial charge < -0.3 is 9.84 Å². The number of hydroxylamine groups is 1. The number of alkyl halides is 1. The van der Waals surface area contributed by atoms with Crippen LogP contribution in [0.1, 0.15) is 6.92 Å². The zero-order chi connectivity index (χ0) is 10.3. The molecule has 0 fully saturated rings. The third kappa shape index (κ3) is 6.00. The number of hydrogen-bond acceptors (Lipinski definition) is 4. The van der Waals surface area contributed by atoms with Crippen molar-refractivity contribution in [3.8, 4) is 0 Å². The minimum absolute atomic E-state index is 0.0352. The highest BCUT2D eigenvalue weighted by Gasteiger charge is 2.16. The molecule has 1 atom stereocenters. The lowest BCUT2D eigenvalue weighted by Crippen LogP contribution is -2.35. The summed E-state index contributed by atoms with van der Waals surface area (Å²) in [6.07, 6.45) is -2.14. The highest BCUT2D eigenvalue weighted by Crippen LogP contribution is 1.92. The molecule has 76 valence electrons. The highest BCUT2D eigenvalue weighted by atomic mass is 19.1. The average Bonchev–Trinajstić information content (AvgIpc) is 2.04. The molecule has 1 unspecified atom stereocenters. The van der Waals surface area contributed by atoms with E-state index in [-0.39, 0.29) is 6.61 Å². The lowest BCUT2D eigenvalue weighted by Gasteiger charge is -2.07. The molecule has 0 aliphatic heterocycles. The van der Waals surface area contributed by atoms with Crippen molar-refractivity contribution in [3.63, 3.8) is 0 Å². The van der Waals surface area contributed by atoms with Crippen LogP contribution in [-0.4, -0.2) is 36.6 Å². The maximum absolute atomic E-state index is 12.5. The number of rotatable bonds is 6. The summed E-state index contributed by atoms with van der Waals surface area (Å²) in [5.41, 5.74) is 1.58. The van der Waals surface area contributed by atoms with Crippen molar-refractivity contribution in [2.75, 3.05) is 13.2 Å². The Morgan fingerprint density at radius 1 is 1.62 bits per heavy atom. The Hall–Kier alpha value is -1.21. The predicted octanol–water partition coefficient (Wildman–Crippen LogP) is -0.549. The van der Waals surface area contributed by atoms with Gasteiger partial charge in [-0.15, -0.1) is 0 Å². The number of aliphatic carboxylic acids is 1. The molecule has 13 heavy (non-hydrogen) atoms. The summed E-state index contributed by atoms with van der Waals surface area (Å²) < 4.78 is 16.7. The number of nitrogens with one attached hydrogen (secondary N) is 1. The molecule has 0 aromatic heterocycles. The van der Waals surface area contributed by atoms with Crippen molar-refractivity contribution >= 4 is 11.9 Å². The molecule has 0 heterocycles. The van der Waals surface area contributed by atoms with Gasteiger partial charge in [-0.3, -0.25) is 9.63 Å². The van der Waals surface area contributed by atoms with E-state index in [1.54, 1.807) is 5.48 Å². The molecule has 0 spiro atoms. The Kier molecular flexibility index (Phi) is 5.73. The molecule has 1 amide bonds. The Morgan fingerprint density at radius 3 is 2.69 bits per heavy atom. The SMILES string of the molecule is CCOC(F)C(=O)NOCC(=O)O. The molecule has 0 aliphatic carbocycles. The molecular formula is C6H10FNO5. The number of carboxylic acids is 1. The fourth-order valence-electron chi connectivity index (χ4n) is 0.437. The minimum atomic E-state index is -2.14. The molecular weight excluding hydrogens is 185 g/mol. The number of carbonyl (C=O) groups excluding carboxylic acids is 1. The second-order valence-electron chi connectivity index (χ2n) is 1.92. The summed E-state index contributed by atoms with van der Waals surface area (Å²) >= 11 is 0. The van der Waals surface area contributed by atoms with E-state index >= 15 is 0 Å². The van der Waals surface area contributed by atoms with Crippen molar-refractivity contribution in [1.29, 1.82) is 0 Å². The van der Waals surface area contributed by atoms with E-state index in [4.69, 9.17) is 5.11 Å². The summed E-state index contributed by atoms with van der Waals surface area (Å²) in [6.45, 7) is 0.816. The monoisotopic (exact) mass is 195 g/mol.